The molecule has 1 aromatic carbocycles. The van der Waals surface area contributed by atoms with Crippen LogP contribution in [0.2, 0.25) is 0 Å². The Morgan fingerprint density at radius 3 is 2.39 bits per heavy atom. The van der Waals surface area contributed by atoms with Crippen molar-refractivity contribution in [2.24, 2.45) is 5.92 Å². The third-order valence-corrected chi connectivity index (χ3v) is 6.57. The summed E-state index contributed by atoms with van der Waals surface area (Å²) in [4.78, 5) is 17.0. The number of nitrogens with zero attached hydrogens (tertiary/aromatic N) is 2. The molecule has 0 bridgehead atoms. The molecule has 1 aliphatic carbocycles. The molecule has 6 heteroatoms. The molecule has 2 N–H and O–H groups in total. The van der Waals surface area contributed by atoms with Gasteiger partial charge in [0.1, 0.15) is 0 Å². The number of anilines is 1. The van der Waals surface area contributed by atoms with Gasteiger partial charge in [0.05, 0.1) is 6.54 Å². The van der Waals surface area contributed by atoms with Gasteiger partial charge in [-0.1, -0.05) is 38.0 Å². The lowest BCUT2D eigenvalue weighted by molar-refractivity contribution is -0.117. The molecule has 0 aromatic heterocycles. The van der Waals surface area contributed by atoms with Crippen molar-refractivity contribution in [3.8, 4) is 0 Å². The maximum Gasteiger partial charge on any atom is 0.238 e. The zero-order valence-corrected chi connectivity index (χ0v) is 18.3. The van der Waals surface area contributed by atoms with Crippen LogP contribution in [0.5, 0.6) is 0 Å². The summed E-state index contributed by atoms with van der Waals surface area (Å²) in [5, 5.41) is 7.57. The highest BCUT2D eigenvalue weighted by atomic mass is 32.1. The highest BCUT2D eigenvalue weighted by molar-refractivity contribution is 7.80. The first kappa shape index (κ1) is 21.1. The van der Waals surface area contributed by atoms with Gasteiger partial charge < -0.3 is 15.5 Å². The zero-order valence-electron chi connectivity index (χ0n) is 17.5. The van der Waals surface area contributed by atoms with Crippen LogP contribution in [-0.4, -0.2) is 59.6 Å². The Labute approximate surface area is 174 Å². The molecule has 2 aliphatic rings. The Hall–Kier alpha value is -1.66. The number of amides is 1. The smallest absolute Gasteiger partial charge is 0.238 e. The van der Waals surface area contributed by atoms with Crippen molar-refractivity contribution in [2.45, 2.75) is 52.5 Å². The highest BCUT2D eigenvalue weighted by Crippen LogP contribution is 2.24. The topological polar surface area (TPSA) is 47.6 Å². The Balaban J connectivity index is 1.43. The summed E-state index contributed by atoms with van der Waals surface area (Å²) in [7, 11) is 0. The molecule has 0 radical (unpaired) electrons. The number of carbonyl (C=O) groups excluding carboxylic acids is 1. The van der Waals surface area contributed by atoms with Crippen molar-refractivity contribution in [3.63, 3.8) is 0 Å². The molecule has 3 rings (SSSR count). The van der Waals surface area contributed by atoms with E-state index in [1.54, 1.807) is 0 Å². The van der Waals surface area contributed by atoms with Crippen molar-refractivity contribution >= 4 is 28.9 Å². The second-order valence-corrected chi connectivity index (χ2v) is 8.78. The molecular formula is C22H34N4OS. The minimum atomic E-state index is 0.0579. The van der Waals surface area contributed by atoms with Crippen LogP contribution in [0.25, 0.3) is 0 Å². The summed E-state index contributed by atoms with van der Waals surface area (Å²) in [6.45, 7) is 10.3. The minimum Gasteiger partial charge on any atom is -0.360 e. The van der Waals surface area contributed by atoms with E-state index in [9.17, 15) is 4.79 Å². The van der Waals surface area contributed by atoms with E-state index in [4.69, 9.17) is 12.2 Å². The molecule has 2 fully saturated rings. The third kappa shape index (κ3) is 5.45. The first-order valence-corrected chi connectivity index (χ1v) is 11.0. The van der Waals surface area contributed by atoms with Crippen molar-refractivity contribution in [1.29, 1.82) is 0 Å². The maximum absolute atomic E-state index is 12.5. The third-order valence-electron chi connectivity index (χ3n) is 6.19. The number of hydrogen-bond donors (Lipinski definition) is 2. The zero-order chi connectivity index (χ0) is 20.1. The van der Waals surface area contributed by atoms with E-state index in [2.05, 4.69) is 27.4 Å². The number of hydrogen-bond acceptors (Lipinski definition) is 3. The Bertz CT molecular complexity index is 680. The summed E-state index contributed by atoms with van der Waals surface area (Å²) in [6, 6.07) is 6.60. The molecular weight excluding hydrogens is 368 g/mol. The van der Waals surface area contributed by atoms with Crippen molar-refractivity contribution in [2.75, 3.05) is 38.0 Å². The van der Waals surface area contributed by atoms with Crippen LogP contribution in [0, 0.1) is 19.8 Å². The monoisotopic (exact) mass is 402 g/mol. The SMILES string of the molecule is Cc1cccc(C)c1NC(=O)CN1CCN(C(=S)N[C@H]2CCCC[C@@H]2C)CC1. The number of thiocarbonyl (C=S) groups is 1. The quantitative estimate of drug-likeness (QED) is 0.757. The number of para-hydroxylation sites is 1. The van der Waals surface area contributed by atoms with Gasteiger partial charge in [-0.2, -0.15) is 0 Å². The van der Waals surface area contributed by atoms with E-state index >= 15 is 0 Å². The van der Waals surface area contributed by atoms with Crippen LogP contribution >= 0.6 is 12.2 Å². The summed E-state index contributed by atoms with van der Waals surface area (Å²) in [5.41, 5.74) is 3.15. The fraction of sp³-hybridized carbons (Fsp3) is 0.636. The predicted molar refractivity (Wildman–Crippen MR) is 120 cm³/mol. The van der Waals surface area contributed by atoms with Gasteiger partial charge in [0.25, 0.3) is 0 Å². The summed E-state index contributed by atoms with van der Waals surface area (Å²) < 4.78 is 0. The molecule has 5 nitrogen and oxygen atoms in total. The molecule has 2 atom stereocenters. The Kier molecular flexibility index (Phi) is 7.30. The molecule has 1 saturated carbocycles. The van der Waals surface area contributed by atoms with Crippen molar-refractivity contribution in [1.82, 2.24) is 15.1 Å². The number of aryl methyl sites for hydroxylation is 2. The van der Waals surface area contributed by atoms with Crippen LogP contribution in [0.4, 0.5) is 5.69 Å². The van der Waals surface area contributed by atoms with Gasteiger partial charge in [0.15, 0.2) is 5.11 Å². The highest BCUT2D eigenvalue weighted by Gasteiger charge is 2.25. The van der Waals surface area contributed by atoms with Crippen LogP contribution in [0.1, 0.15) is 43.7 Å². The summed E-state index contributed by atoms with van der Waals surface area (Å²) in [6.07, 6.45) is 5.16. The van der Waals surface area contributed by atoms with Crippen molar-refractivity contribution < 1.29 is 4.79 Å². The molecule has 154 valence electrons. The van der Waals surface area contributed by atoms with E-state index in [0.717, 1.165) is 48.1 Å². The maximum atomic E-state index is 12.5. The van der Waals surface area contributed by atoms with Crippen molar-refractivity contribution in [3.05, 3.63) is 29.3 Å². The van der Waals surface area contributed by atoms with Gasteiger partial charge >= 0.3 is 0 Å². The first-order chi connectivity index (χ1) is 13.4. The van der Waals surface area contributed by atoms with E-state index < -0.39 is 0 Å². The molecule has 1 heterocycles. The molecule has 1 aromatic rings. The lowest BCUT2D eigenvalue weighted by atomic mass is 9.86. The van der Waals surface area contributed by atoms with Crippen LogP contribution < -0.4 is 10.6 Å². The molecule has 28 heavy (non-hydrogen) atoms. The van der Waals surface area contributed by atoms with Gasteiger partial charge in [0, 0.05) is 37.9 Å². The first-order valence-electron chi connectivity index (χ1n) is 10.6. The molecule has 0 spiro atoms. The lowest BCUT2D eigenvalue weighted by Crippen LogP contribution is -2.55. The fourth-order valence-corrected chi connectivity index (χ4v) is 4.62. The van der Waals surface area contributed by atoms with E-state index in [-0.39, 0.29) is 5.91 Å². The van der Waals surface area contributed by atoms with Gasteiger partial charge in [-0.05, 0) is 56.0 Å². The van der Waals surface area contributed by atoms with Gasteiger partial charge in [-0.3, -0.25) is 9.69 Å². The molecule has 0 unspecified atom stereocenters. The number of rotatable bonds is 4. The number of carbonyl (C=O) groups is 1. The second-order valence-electron chi connectivity index (χ2n) is 8.40. The molecule has 1 amide bonds. The number of benzene rings is 1. The van der Waals surface area contributed by atoms with E-state index in [0.29, 0.717) is 18.5 Å². The van der Waals surface area contributed by atoms with E-state index in [1.165, 1.54) is 25.7 Å². The Morgan fingerprint density at radius 1 is 1.11 bits per heavy atom. The largest absolute Gasteiger partial charge is 0.360 e. The number of piperazine rings is 1. The van der Waals surface area contributed by atoms with Crippen LogP contribution in [-0.2, 0) is 4.79 Å². The van der Waals surface area contributed by atoms with Crippen LogP contribution in [0.3, 0.4) is 0 Å². The minimum absolute atomic E-state index is 0.0579. The summed E-state index contributed by atoms with van der Waals surface area (Å²) >= 11 is 5.67. The average molecular weight is 403 g/mol. The lowest BCUT2D eigenvalue weighted by Gasteiger charge is -2.38. The standard InChI is InChI=1S/C22H34N4OS/c1-16-7-4-5-10-19(16)23-22(28)26-13-11-25(12-14-26)15-20(27)24-21-17(2)8-6-9-18(21)3/h6,8-9,16,19H,4-5,7,10-15H2,1-3H3,(H,23,28)(H,24,27)/t16-,19-/m0/s1. The van der Waals surface area contributed by atoms with Gasteiger partial charge in [0.2, 0.25) is 5.91 Å². The van der Waals surface area contributed by atoms with Crippen LogP contribution in [0.15, 0.2) is 18.2 Å². The Morgan fingerprint density at radius 2 is 1.75 bits per heavy atom. The normalized spacial score (nSPS) is 23.3. The second kappa shape index (κ2) is 9.70. The molecule has 1 aliphatic heterocycles. The molecule has 1 saturated heterocycles. The van der Waals surface area contributed by atoms with Gasteiger partial charge in [-0.25, -0.2) is 0 Å². The van der Waals surface area contributed by atoms with Gasteiger partial charge in [-0.15, -0.1) is 0 Å². The average Bonchev–Trinajstić information content (AvgIpc) is 2.67. The number of nitrogens with one attached hydrogen (secondary N) is 2. The van der Waals surface area contributed by atoms with E-state index in [1.807, 2.05) is 32.0 Å². The predicted octanol–water partition coefficient (Wildman–Crippen LogP) is 3.31. The summed E-state index contributed by atoms with van der Waals surface area (Å²) in [5.74, 6) is 0.754. The fourth-order valence-electron chi connectivity index (χ4n) is 4.28.